The smallest absolute Gasteiger partial charge is 0.339 e. The van der Waals surface area contributed by atoms with Crippen molar-refractivity contribution in [2.45, 2.75) is 50.6 Å². The van der Waals surface area contributed by atoms with Crippen molar-refractivity contribution < 1.29 is 36.8 Å². The largest absolute Gasteiger partial charge is 0.373 e. The first kappa shape index (κ1) is 24.6. The summed E-state index contributed by atoms with van der Waals surface area (Å²) in [7, 11) is 0. The van der Waals surface area contributed by atoms with E-state index in [0.29, 0.717) is 23.1 Å². The Morgan fingerprint density at radius 3 is 2.63 bits per heavy atom. The number of rotatable bonds is 8. The minimum atomic E-state index is -3.01. The van der Waals surface area contributed by atoms with E-state index in [4.69, 9.17) is 16.1 Å². The average molecular weight is 516 g/mol. The van der Waals surface area contributed by atoms with Crippen LogP contribution in [0.4, 0.5) is 17.7 Å². The molecule has 0 radical (unpaired) electrons. The number of nitrogens with one attached hydrogen (secondary N) is 1. The van der Waals surface area contributed by atoms with Gasteiger partial charge >= 0.3 is 5.97 Å². The topological polar surface area (TPSA) is 112 Å². The molecule has 0 atom stereocenters. The molecule has 2 heterocycles. The number of hydrogen-bond acceptors (Lipinski definition) is 7. The molecule has 1 aliphatic carbocycles. The lowest BCUT2D eigenvalue weighted by Gasteiger charge is -2.21. The summed E-state index contributed by atoms with van der Waals surface area (Å²) < 4.78 is 58.8. The fourth-order valence-electron chi connectivity index (χ4n) is 3.65. The van der Waals surface area contributed by atoms with Gasteiger partial charge in [0.25, 0.3) is 12.3 Å². The number of carbonyl (C=O) groups is 2. The van der Waals surface area contributed by atoms with Crippen LogP contribution in [0, 0.1) is 5.82 Å². The Bertz CT molecular complexity index is 1290. The van der Waals surface area contributed by atoms with E-state index in [1.54, 1.807) is 0 Å². The molecule has 1 amide bonds. The van der Waals surface area contributed by atoms with Crippen LogP contribution in [-0.2, 0) is 26.5 Å². The summed E-state index contributed by atoms with van der Waals surface area (Å²) >= 11 is 6.20. The van der Waals surface area contributed by atoms with Gasteiger partial charge in [0.05, 0.1) is 5.41 Å². The van der Waals surface area contributed by atoms with Crippen molar-refractivity contribution in [3.05, 3.63) is 52.2 Å². The monoisotopic (exact) mass is 515 g/mol. The van der Waals surface area contributed by atoms with E-state index < -0.39 is 47.3 Å². The summed E-state index contributed by atoms with van der Waals surface area (Å²) in [4.78, 5) is 31.1. The Morgan fingerprint density at radius 2 is 2.03 bits per heavy atom. The number of halogens is 5. The van der Waals surface area contributed by atoms with Gasteiger partial charge in [0, 0.05) is 9.55 Å². The second-order valence-corrected chi connectivity index (χ2v) is 8.99. The van der Waals surface area contributed by atoms with Gasteiger partial charge in [0.15, 0.2) is 11.5 Å². The highest BCUT2D eigenvalue weighted by Crippen LogP contribution is 2.54. The van der Waals surface area contributed by atoms with Crippen LogP contribution in [0.15, 0.2) is 28.8 Å². The van der Waals surface area contributed by atoms with Crippen molar-refractivity contribution in [1.29, 1.82) is 0 Å². The molecule has 0 saturated heterocycles. The van der Waals surface area contributed by atoms with Gasteiger partial charge in [0.2, 0.25) is 5.91 Å². The molecule has 1 saturated carbocycles. The summed E-state index contributed by atoms with van der Waals surface area (Å²) in [5.41, 5.74) is -2.57. The first-order valence-corrected chi connectivity index (χ1v) is 10.6. The lowest BCUT2D eigenvalue weighted by Crippen LogP contribution is -2.51. The number of hydrogen-bond donors (Lipinski definition) is 1. The highest BCUT2D eigenvalue weighted by Gasteiger charge is 2.51. The Balaban J connectivity index is 1.59. The van der Waals surface area contributed by atoms with Crippen LogP contribution in [0.25, 0.3) is 11.6 Å². The van der Waals surface area contributed by atoms with Crippen molar-refractivity contribution in [1.82, 2.24) is 25.2 Å². The predicted molar refractivity (Wildman–Crippen MR) is 111 cm³/mol. The predicted octanol–water partition coefficient (Wildman–Crippen LogP) is 4.07. The van der Waals surface area contributed by atoms with Gasteiger partial charge in [-0.15, -0.1) is 0 Å². The second-order valence-electron chi connectivity index (χ2n) is 8.58. The van der Waals surface area contributed by atoms with Crippen molar-refractivity contribution in [3.63, 3.8) is 0 Å². The fourth-order valence-corrected chi connectivity index (χ4v) is 4.00. The van der Waals surface area contributed by atoms with E-state index in [1.807, 2.05) is 0 Å². The van der Waals surface area contributed by atoms with E-state index in [-0.39, 0.29) is 22.4 Å². The maximum absolute atomic E-state index is 13.6. The molecule has 186 valence electrons. The first-order valence-electron chi connectivity index (χ1n) is 10.3. The van der Waals surface area contributed by atoms with Gasteiger partial charge < -0.3 is 9.84 Å². The molecule has 1 aliphatic rings. The SMILES string of the molecule is CC(C)(NC(=O)Cn1nc(-c2nc(C3(c4ccc(F)cc4Cl)CC3)no2)cc1C(F)F)C(=O)OF. The molecule has 0 unspecified atom stereocenters. The number of amides is 1. The third kappa shape index (κ3) is 4.72. The molecule has 35 heavy (non-hydrogen) atoms. The Kier molecular flexibility index (Phi) is 6.30. The molecule has 14 heteroatoms. The lowest BCUT2D eigenvalue weighted by atomic mass is 9.95. The molecule has 1 N–H and O–H groups in total. The van der Waals surface area contributed by atoms with Crippen LogP contribution in [-0.4, -0.2) is 37.3 Å². The van der Waals surface area contributed by atoms with Gasteiger partial charge in [-0.3, -0.25) is 14.4 Å². The highest BCUT2D eigenvalue weighted by molar-refractivity contribution is 6.31. The third-order valence-electron chi connectivity index (χ3n) is 5.63. The summed E-state index contributed by atoms with van der Waals surface area (Å²) in [5, 5.41) is 10.3. The molecular formula is C21H18ClF4N5O4. The summed E-state index contributed by atoms with van der Waals surface area (Å²) in [6, 6.07) is 4.95. The molecule has 0 spiro atoms. The van der Waals surface area contributed by atoms with Crippen molar-refractivity contribution in [2.75, 3.05) is 0 Å². The maximum Gasteiger partial charge on any atom is 0.373 e. The molecule has 4 rings (SSSR count). The van der Waals surface area contributed by atoms with Gasteiger partial charge in [-0.1, -0.05) is 22.8 Å². The molecule has 0 aliphatic heterocycles. The molecule has 1 fully saturated rings. The second kappa shape index (κ2) is 8.95. The zero-order valence-corrected chi connectivity index (χ0v) is 19.1. The standard InChI is InChI=1S/C21H18ClF4N5O4/c1-20(2,19(33)34-26)28-15(32)9-31-14(16(24)25)8-13(29-31)17-27-18(30-35-17)21(5-6-21)11-4-3-10(23)7-12(11)22/h3-4,7-8,16H,5-6,9H2,1-2H3,(H,28,32). The molecule has 9 nitrogen and oxygen atoms in total. The van der Waals surface area contributed by atoms with Crippen LogP contribution in [0.3, 0.4) is 0 Å². The van der Waals surface area contributed by atoms with Gasteiger partial charge in [-0.05, 0) is 50.5 Å². The van der Waals surface area contributed by atoms with Crippen LogP contribution in [0.1, 0.15) is 50.2 Å². The summed E-state index contributed by atoms with van der Waals surface area (Å²) in [6.45, 7) is 1.64. The zero-order valence-electron chi connectivity index (χ0n) is 18.3. The maximum atomic E-state index is 13.6. The first-order chi connectivity index (χ1) is 16.5. The molecular weight excluding hydrogens is 498 g/mol. The lowest BCUT2D eigenvalue weighted by molar-refractivity contribution is -0.191. The summed E-state index contributed by atoms with van der Waals surface area (Å²) in [6.07, 6.45) is -1.78. The van der Waals surface area contributed by atoms with Gasteiger partial charge in [-0.25, -0.2) is 18.0 Å². The Hall–Kier alpha value is -3.48. The Morgan fingerprint density at radius 1 is 1.31 bits per heavy atom. The number of alkyl halides is 2. The van der Waals surface area contributed by atoms with Crippen molar-refractivity contribution in [2.24, 2.45) is 0 Å². The Labute approximate surface area is 200 Å². The van der Waals surface area contributed by atoms with E-state index >= 15 is 0 Å². The number of aromatic nitrogens is 4. The van der Waals surface area contributed by atoms with Crippen LogP contribution in [0.5, 0.6) is 0 Å². The van der Waals surface area contributed by atoms with E-state index in [9.17, 15) is 27.3 Å². The zero-order chi connectivity index (χ0) is 25.5. The quantitative estimate of drug-likeness (QED) is 0.450. The van der Waals surface area contributed by atoms with E-state index in [2.05, 4.69) is 25.5 Å². The van der Waals surface area contributed by atoms with Crippen molar-refractivity contribution in [3.8, 4) is 11.6 Å². The number of carbonyl (C=O) groups excluding carboxylic acids is 2. The fraction of sp³-hybridized carbons (Fsp3) is 0.381. The normalized spacial score (nSPS) is 14.7. The molecule has 0 bridgehead atoms. The number of nitrogens with zero attached hydrogens (tertiary/aromatic N) is 4. The number of benzene rings is 1. The van der Waals surface area contributed by atoms with E-state index in [1.165, 1.54) is 32.0 Å². The van der Waals surface area contributed by atoms with Crippen molar-refractivity contribution >= 4 is 23.5 Å². The van der Waals surface area contributed by atoms with Gasteiger partial charge in [-0.2, -0.15) is 10.1 Å². The minimum absolute atomic E-state index is 0.115. The minimum Gasteiger partial charge on any atom is -0.339 e. The summed E-state index contributed by atoms with van der Waals surface area (Å²) in [5.74, 6) is -2.70. The van der Waals surface area contributed by atoms with Crippen LogP contribution < -0.4 is 5.32 Å². The van der Waals surface area contributed by atoms with Crippen LogP contribution >= 0.6 is 11.6 Å². The third-order valence-corrected chi connectivity index (χ3v) is 5.94. The van der Waals surface area contributed by atoms with Gasteiger partial charge in [0.1, 0.15) is 23.6 Å². The highest BCUT2D eigenvalue weighted by atomic mass is 35.5. The van der Waals surface area contributed by atoms with E-state index in [0.717, 1.165) is 6.07 Å². The average Bonchev–Trinajstić information content (AvgIpc) is 3.22. The van der Waals surface area contributed by atoms with Crippen LogP contribution in [0.2, 0.25) is 5.02 Å². The molecule has 2 aromatic heterocycles. The molecule has 1 aromatic carbocycles. The molecule has 3 aromatic rings.